The highest BCUT2D eigenvalue weighted by Crippen LogP contribution is 2.29. The number of ether oxygens (including phenoxy) is 1. The Balaban J connectivity index is 0.00000169. The van der Waals surface area contributed by atoms with Gasteiger partial charge in [-0.15, -0.1) is 12.4 Å². The summed E-state index contributed by atoms with van der Waals surface area (Å²) < 4.78 is 19.0. The summed E-state index contributed by atoms with van der Waals surface area (Å²) in [5, 5.41) is 0. The molecule has 0 radical (unpaired) electrons. The maximum atomic E-state index is 13.3. The van der Waals surface area contributed by atoms with Gasteiger partial charge in [0.1, 0.15) is 0 Å². The zero-order chi connectivity index (χ0) is 9.84. The minimum absolute atomic E-state index is 0. The molecule has 0 aliphatic carbocycles. The molecule has 1 rings (SSSR count). The first-order valence-electron chi connectivity index (χ1n) is 3.99. The van der Waals surface area contributed by atoms with Gasteiger partial charge in [-0.3, -0.25) is 0 Å². The molecule has 0 bridgehead atoms. The number of halogens is 3. The molecule has 0 spiro atoms. The number of hydrogen-bond donors (Lipinski definition) is 1. The largest absolute Gasteiger partial charge is 0.490 e. The molecule has 2 N–H and O–H groups in total. The van der Waals surface area contributed by atoms with E-state index in [9.17, 15) is 4.39 Å². The van der Waals surface area contributed by atoms with Gasteiger partial charge in [0, 0.05) is 6.54 Å². The molecule has 0 atom stereocenters. The van der Waals surface area contributed by atoms with Crippen molar-refractivity contribution in [3.63, 3.8) is 0 Å². The van der Waals surface area contributed by atoms with Gasteiger partial charge in [0.25, 0.3) is 0 Å². The summed E-state index contributed by atoms with van der Waals surface area (Å²) >= 11 is 3.22. The van der Waals surface area contributed by atoms with Crippen LogP contribution in [0, 0.1) is 5.82 Å². The predicted molar refractivity (Wildman–Crippen MR) is 60.4 cm³/mol. The Morgan fingerprint density at radius 3 is 2.57 bits per heavy atom. The SMILES string of the molecule is CCOc1c(F)cc(CN)cc1Br.Cl. The van der Waals surface area contributed by atoms with Crippen LogP contribution in [0.5, 0.6) is 5.75 Å². The molecule has 0 heterocycles. The van der Waals surface area contributed by atoms with Crippen LogP contribution < -0.4 is 10.5 Å². The molecule has 0 unspecified atom stereocenters. The van der Waals surface area contributed by atoms with Crippen molar-refractivity contribution in [2.75, 3.05) is 6.61 Å². The van der Waals surface area contributed by atoms with Crippen molar-refractivity contribution in [3.8, 4) is 5.75 Å². The fourth-order valence-electron chi connectivity index (χ4n) is 1.01. The first-order chi connectivity index (χ1) is 6.19. The van der Waals surface area contributed by atoms with Gasteiger partial charge >= 0.3 is 0 Å². The minimum atomic E-state index is -0.378. The minimum Gasteiger partial charge on any atom is -0.490 e. The molecule has 14 heavy (non-hydrogen) atoms. The van der Waals surface area contributed by atoms with Gasteiger partial charge in [-0.25, -0.2) is 4.39 Å². The second-order valence-corrected chi connectivity index (χ2v) is 3.38. The molecular weight excluding hydrogens is 272 g/mol. The molecule has 0 amide bonds. The maximum Gasteiger partial charge on any atom is 0.169 e. The van der Waals surface area contributed by atoms with E-state index in [4.69, 9.17) is 10.5 Å². The topological polar surface area (TPSA) is 35.2 Å². The lowest BCUT2D eigenvalue weighted by molar-refractivity contribution is 0.319. The Labute approximate surface area is 97.2 Å². The lowest BCUT2D eigenvalue weighted by Crippen LogP contribution is -2.00. The molecule has 0 aromatic heterocycles. The standard InChI is InChI=1S/C9H11BrFNO.ClH/c1-2-13-9-7(10)3-6(5-12)4-8(9)11;/h3-4H,2,5,12H2,1H3;1H. The fourth-order valence-corrected chi connectivity index (χ4v) is 1.61. The summed E-state index contributed by atoms with van der Waals surface area (Å²) in [5.74, 6) is -0.128. The second kappa shape index (κ2) is 6.22. The molecule has 2 nitrogen and oxygen atoms in total. The van der Waals surface area contributed by atoms with Crippen LogP contribution >= 0.6 is 28.3 Å². The highest BCUT2D eigenvalue weighted by molar-refractivity contribution is 9.10. The molecule has 0 fully saturated rings. The van der Waals surface area contributed by atoms with E-state index in [-0.39, 0.29) is 24.0 Å². The average molecular weight is 285 g/mol. The molecule has 1 aromatic rings. The summed E-state index contributed by atoms with van der Waals surface area (Å²) in [6, 6.07) is 3.14. The molecule has 0 aliphatic rings. The van der Waals surface area contributed by atoms with Crippen molar-refractivity contribution in [1.29, 1.82) is 0 Å². The Morgan fingerprint density at radius 1 is 1.50 bits per heavy atom. The van der Waals surface area contributed by atoms with E-state index in [2.05, 4.69) is 15.9 Å². The summed E-state index contributed by atoms with van der Waals surface area (Å²) in [5.41, 5.74) is 6.13. The van der Waals surface area contributed by atoms with Crippen LogP contribution in [0.15, 0.2) is 16.6 Å². The Kier molecular flexibility index (Phi) is 6.08. The average Bonchev–Trinajstić information content (AvgIpc) is 2.11. The van der Waals surface area contributed by atoms with Crippen molar-refractivity contribution in [3.05, 3.63) is 28.0 Å². The zero-order valence-corrected chi connectivity index (χ0v) is 10.1. The van der Waals surface area contributed by atoms with E-state index in [1.54, 1.807) is 6.07 Å². The fraction of sp³-hybridized carbons (Fsp3) is 0.333. The van der Waals surface area contributed by atoms with Gasteiger partial charge in [0.05, 0.1) is 11.1 Å². The Morgan fingerprint density at radius 2 is 2.14 bits per heavy atom. The zero-order valence-electron chi connectivity index (χ0n) is 7.72. The molecule has 80 valence electrons. The third kappa shape index (κ3) is 3.12. The second-order valence-electron chi connectivity index (χ2n) is 2.53. The normalized spacial score (nSPS) is 9.43. The van der Waals surface area contributed by atoms with E-state index in [1.165, 1.54) is 6.07 Å². The smallest absolute Gasteiger partial charge is 0.169 e. The monoisotopic (exact) mass is 283 g/mol. The van der Waals surface area contributed by atoms with Crippen molar-refractivity contribution in [2.24, 2.45) is 5.73 Å². The molecule has 0 saturated heterocycles. The lowest BCUT2D eigenvalue weighted by Gasteiger charge is -2.08. The van der Waals surface area contributed by atoms with Crippen LogP contribution in [0.4, 0.5) is 4.39 Å². The molecule has 1 aromatic carbocycles. The van der Waals surface area contributed by atoms with E-state index < -0.39 is 0 Å². The quantitative estimate of drug-likeness (QED) is 0.926. The first-order valence-corrected chi connectivity index (χ1v) is 4.79. The lowest BCUT2D eigenvalue weighted by atomic mass is 10.2. The van der Waals surface area contributed by atoms with Gasteiger partial charge in [0.2, 0.25) is 0 Å². The maximum absolute atomic E-state index is 13.3. The van der Waals surface area contributed by atoms with Gasteiger partial charge in [-0.05, 0) is 40.5 Å². The van der Waals surface area contributed by atoms with Crippen LogP contribution in [0.3, 0.4) is 0 Å². The van der Waals surface area contributed by atoms with Gasteiger partial charge in [-0.1, -0.05) is 0 Å². The van der Waals surface area contributed by atoms with Crippen molar-refractivity contribution < 1.29 is 9.13 Å². The van der Waals surface area contributed by atoms with Crippen molar-refractivity contribution in [2.45, 2.75) is 13.5 Å². The highest BCUT2D eigenvalue weighted by atomic mass is 79.9. The Bertz CT molecular complexity index is 286. The van der Waals surface area contributed by atoms with Crippen LogP contribution in [-0.2, 0) is 6.54 Å². The third-order valence-corrected chi connectivity index (χ3v) is 2.17. The van der Waals surface area contributed by atoms with E-state index in [0.29, 0.717) is 17.6 Å². The van der Waals surface area contributed by atoms with Crippen LogP contribution in [0.1, 0.15) is 12.5 Å². The first kappa shape index (κ1) is 13.7. The molecule has 5 heteroatoms. The summed E-state index contributed by atoms with van der Waals surface area (Å²) in [6.45, 7) is 2.57. The van der Waals surface area contributed by atoms with Crippen molar-refractivity contribution >= 4 is 28.3 Å². The van der Waals surface area contributed by atoms with Gasteiger partial charge < -0.3 is 10.5 Å². The Hall–Kier alpha value is -0.320. The van der Waals surface area contributed by atoms with Gasteiger partial charge in [0.15, 0.2) is 11.6 Å². The molecule has 0 saturated carbocycles. The number of hydrogen-bond acceptors (Lipinski definition) is 2. The summed E-state index contributed by atoms with van der Waals surface area (Å²) in [4.78, 5) is 0. The van der Waals surface area contributed by atoms with E-state index in [1.807, 2.05) is 6.92 Å². The van der Waals surface area contributed by atoms with Crippen molar-refractivity contribution in [1.82, 2.24) is 0 Å². The van der Waals surface area contributed by atoms with Crippen LogP contribution in [0.2, 0.25) is 0 Å². The van der Waals surface area contributed by atoms with Crippen LogP contribution in [0.25, 0.3) is 0 Å². The summed E-state index contributed by atoms with van der Waals surface area (Å²) in [7, 11) is 0. The van der Waals surface area contributed by atoms with E-state index >= 15 is 0 Å². The molecular formula is C9H12BrClFNO. The summed E-state index contributed by atoms with van der Waals surface area (Å²) in [6.07, 6.45) is 0. The predicted octanol–water partition coefficient (Wildman–Crippen LogP) is 2.87. The van der Waals surface area contributed by atoms with Crippen LogP contribution in [-0.4, -0.2) is 6.61 Å². The van der Waals surface area contributed by atoms with E-state index in [0.717, 1.165) is 5.56 Å². The third-order valence-electron chi connectivity index (χ3n) is 1.58. The molecule has 0 aliphatic heterocycles. The number of benzene rings is 1. The van der Waals surface area contributed by atoms with Gasteiger partial charge in [-0.2, -0.15) is 0 Å². The number of rotatable bonds is 3. The highest BCUT2D eigenvalue weighted by Gasteiger charge is 2.09. The number of nitrogens with two attached hydrogens (primary N) is 1.